The topological polar surface area (TPSA) is 61.9 Å². The predicted octanol–water partition coefficient (Wildman–Crippen LogP) is 2.78. The van der Waals surface area contributed by atoms with Crippen molar-refractivity contribution < 1.29 is 17.5 Å². The van der Waals surface area contributed by atoms with Crippen molar-refractivity contribution in [1.29, 1.82) is 0 Å². The van der Waals surface area contributed by atoms with E-state index in [-0.39, 0.29) is 10.7 Å². The van der Waals surface area contributed by atoms with Gasteiger partial charge in [-0.05, 0) is 54.7 Å². The molecule has 2 aromatic carbocycles. The van der Waals surface area contributed by atoms with Crippen LogP contribution in [0.15, 0.2) is 53.4 Å². The Hall–Kier alpha value is -2.23. The molecular formula is C18H22FN3O3S2. The molecule has 0 heterocycles. The molecule has 0 aliphatic carbocycles. The summed E-state index contributed by atoms with van der Waals surface area (Å²) in [5.74, 6) is 0.258. The third kappa shape index (κ3) is 5.88. The zero-order valence-electron chi connectivity index (χ0n) is 15.3. The number of hydrogen-bond acceptors (Lipinski definition) is 4. The van der Waals surface area contributed by atoms with E-state index in [1.54, 1.807) is 36.2 Å². The Balaban J connectivity index is 1.91. The molecule has 0 atom stereocenters. The number of sulfonamides is 1. The maximum absolute atomic E-state index is 12.9. The van der Waals surface area contributed by atoms with E-state index in [4.69, 9.17) is 17.0 Å². The SMILES string of the molecule is CN(CCOc1ccc(F)cc1)C(=S)Nc1cccc(S(=O)(=O)N(C)C)c1. The zero-order valence-corrected chi connectivity index (χ0v) is 17.0. The third-order valence-corrected chi connectivity index (χ3v) is 5.94. The average molecular weight is 412 g/mol. The molecule has 6 nitrogen and oxygen atoms in total. The van der Waals surface area contributed by atoms with E-state index in [1.165, 1.54) is 38.4 Å². The number of rotatable bonds is 7. The lowest BCUT2D eigenvalue weighted by Crippen LogP contribution is -2.34. The molecule has 0 aliphatic rings. The molecule has 0 aliphatic heterocycles. The Labute approximate surface area is 164 Å². The summed E-state index contributed by atoms with van der Waals surface area (Å²) in [5, 5.41) is 3.45. The van der Waals surface area contributed by atoms with Gasteiger partial charge in [0.2, 0.25) is 10.0 Å². The number of anilines is 1. The van der Waals surface area contributed by atoms with Crippen molar-refractivity contribution >= 4 is 33.0 Å². The smallest absolute Gasteiger partial charge is 0.242 e. The Morgan fingerprint density at radius 1 is 1.15 bits per heavy atom. The minimum atomic E-state index is -3.51. The summed E-state index contributed by atoms with van der Waals surface area (Å²) in [6.07, 6.45) is 0. The lowest BCUT2D eigenvalue weighted by Gasteiger charge is -2.21. The minimum absolute atomic E-state index is 0.183. The van der Waals surface area contributed by atoms with E-state index >= 15 is 0 Å². The van der Waals surface area contributed by atoms with Gasteiger partial charge < -0.3 is 15.0 Å². The van der Waals surface area contributed by atoms with Gasteiger partial charge in [-0.3, -0.25) is 0 Å². The van der Waals surface area contributed by atoms with Crippen molar-refractivity contribution in [3.8, 4) is 5.75 Å². The normalized spacial score (nSPS) is 11.3. The molecule has 0 amide bonds. The third-order valence-electron chi connectivity index (χ3n) is 3.72. The molecule has 0 radical (unpaired) electrons. The molecular weight excluding hydrogens is 389 g/mol. The van der Waals surface area contributed by atoms with Crippen LogP contribution >= 0.6 is 12.2 Å². The first-order valence-electron chi connectivity index (χ1n) is 8.13. The summed E-state index contributed by atoms with van der Waals surface area (Å²) in [6.45, 7) is 0.859. The minimum Gasteiger partial charge on any atom is -0.492 e. The molecule has 0 fully saturated rings. The van der Waals surface area contributed by atoms with Gasteiger partial charge in [0.15, 0.2) is 5.11 Å². The Kier molecular flexibility index (Phi) is 7.11. The van der Waals surface area contributed by atoms with Crippen molar-refractivity contribution in [2.75, 3.05) is 39.6 Å². The van der Waals surface area contributed by atoms with Gasteiger partial charge in [-0.1, -0.05) is 6.07 Å². The number of nitrogens with one attached hydrogen (secondary N) is 1. The molecule has 27 heavy (non-hydrogen) atoms. The monoisotopic (exact) mass is 411 g/mol. The van der Waals surface area contributed by atoms with Gasteiger partial charge in [-0.15, -0.1) is 0 Å². The molecule has 0 aromatic heterocycles. The van der Waals surface area contributed by atoms with E-state index in [1.807, 2.05) is 0 Å². The second-order valence-electron chi connectivity index (χ2n) is 5.97. The second kappa shape index (κ2) is 9.12. The highest BCUT2D eigenvalue weighted by Crippen LogP contribution is 2.18. The molecule has 9 heteroatoms. The average Bonchev–Trinajstić information content (AvgIpc) is 2.63. The van der Waals surface area contributed by atoms with Crippen LogP contribution in [0.3, 0.4) is 0 Å². The standard InChI is InChI=1S/C18H22FN3O3S2/c1-21(2)27(23,24)17-6-4-5-15(13-17)20-18(26)22(3)11-12-25-16-9-7-14(19)8-10-16/h4-10,13H,11-12H2,1-3H3,(H,20,26). The zero-order chi connectivity index (χ0) is 20.0. The van der Waals surface area contributed by atoms with Crippen molar-refractivity contribution in [2.24, 2.45) is 0 Å². The number of likely N-dealkylation sites (N-methyl/N-ethyl adjacent to an activating group) is 1. The highest BCUT2D eigenvalue weighted by Gasteiger charge is 2.17. The van der Waals surface area contributed by atoms with Crippen molar-refractivity contribution in [1.82, 2.24) is 9.21 Å². The second-order valence-corrected chi connectivity index (χ2v) is 8.51. The number of nitrogens with zero attached hydrogens (tertiary/aromatic N) is 2. The molecule has 0 spiro atoms. The van der Waals surface area contributed by atoms with Crippen LogP contribution in [-0.4, -0.2) is 57.0 Å². The highest BCUT2D eigenvalue weighted by atomic mass is 32.2. The van der Waals surface area contributed by atoms with Crippen LogP contribution in [0.5, 0.6) is 5.75 Å². The van der Waals surface area contributed by atoms with Crippen LogP contribution in [0.4, 0.5) is 10.1 Å². The fourth-order valence-electron chi connectivity index (χ4n) is 2.10. The summed E-state index contributed by atoms with van der Waals surface area (Å²) in [7, 11) is 1.24. The number of benzene rings is 2. The molecule has 2 aromatic rings. The van der Waals surface area contributed by atoms with Crippen LogP contribution in [0, 0.1) is 5.82 Å². The Morgan fingerprint density at radius 3 is 2.44 bits per heavy atom. The highest BCUT2D eigenvalue weighted by molar-refractivity contribution is 7.89. The van der Waals surface area contributed by atoms with Crippen molar-refractivity contribution in [3.05, 3.63) is 54.3 Å². The number of thiocarbonyl (C=S) groups is 1. The Bertz CT molecular complexity index is 887. The first-order chi connectivity index (χ1) is 12.7. The van der Waals surface area contributed by atoms with Crippen LogP contribution in [0.2, 0.25) is 0 Å². The summed E-state index contributed by atoms with van der Waals surface area (Å²) in [6, 6.07) is 12.2. The summed E-state index contributed by atoms with van der Waals surface area (Å²) in [5.41, 5.74) is 0.578. The van der Waals surface area contributed by atoms with Gasteiger partial charge in [0.25, 0.3) is 0 Å². The van der Waals surface area contributed by atoms with Gasteiger partial charge in [0, 0.05) is 26.8 Å². The fourth-order valence-corrected chi connectivity index (χ4v) is 3.25. The molecule has 1 N–H and O–H groups in total. The predicted molar refractivity (Wildman–Crippen MR) is 108 cm³/mol. The Morgan fingerprint density at radius 2 is 1.81 bits per heavy atom. The molecule has 0 saturated heterocycles. The van der Waals surface area contributed by atoms with E-state index in [9.17, 15) is 12.8 Å². The lowest BCUT2D eigenvalue weighted by atomic mass is 10.3. The quantitative estimate of drug-likeness (QED) is 0.707. The molecule has 2 rings (SSSR count). The first kappa shape index (κ1) is 21.1. The fraction of sp³-hybridized carbons (Fsp3) is 0.278. The van der Waals surface area contributed by atoms with Crippen molar-refractivity contribution in [2.45, 2.75) is 4.90 Å². The number of hydrogen-bond donors (Lipinski definition) is 1. The first-order valence-corrected chi connectivity index (χ1v) is 9.98. The van der Waals surface area contributed by atoms with E-state index in [0.717, 1.165) is 4.31 Å². The molecule has 0 bridgehead atoms. The van der Waals surface area contributed by atoms with Crippen molar-refractivity contribution in [3.63, 3.8) is 0 Å². The largest absolute Gasteiger partial charge is 0.492 e. The van der Waals surface area contributed by atoms with Gasteiger partial charge in [-0.2, -0.15) is 0 Å². The van der Waals surface area contributed by atoms with Crippen LogP contribution in [-0.2, 0) is 10.0 Å². The van der Waals surface area contributed by atoms with E-state index < -0.39 is 10.0 Å². The summed E-state index contributed by atoms with van der Waals surface area (Å²) in [4.78, 5) is 1.95. The van der Waals surface area contributed by atoms with Crippen LogP contribution in [0.1, 0.15) is 0 Å². The maximum Gasteiger partial charge on any atom is 0.242 e. The van der Waals surface area contributed by atoms with E-state index in [2.05, 4.69) is 5.32 Å². The van der Waals surface area contributed by atoms with Gasteiger partial charge in [0.05, 0.1) is 11.4 Å². The van der Waals surface area contributed by atoms with Crippen LogP contribution in [0.25, 0.3) is 0 Å². The van der Waals surface area contributed by atoms with E-state index in [0.29, 0.717) is 29.7 Å². The molecule has 0 saturated carbocycles. The molecule has 146 valence electrons. The van der Waals surface area contributed by atoms with Gasteiger partial charge >= 0.3 is 0 Å². The lowest BCUT2D eigenvalue weighted by molar-refractivity contribution is 0.285. The molecule has 0 unspecified atom stereocenters. The number of halogens is 1. The van der Waals surface area contributed by atoms with Gasteiger partial charge in [-0.25, -0.2) is 17.1 Å². The summed E-state index contributed by atoms with van der Waals surface area (Å²) < 4.78 is 44.0. The summed E-state index contributed by atoms with van der Waals surface area (Å²) >= 11 is 5.34. The number of ether oxygens (including phenoxy) is 1. The van der Waals surface area contributed by atoms with Gasteiger partial charge in [0.1, 0.15) is 18.2 Å². The maximum atomic E-state index is 12.9. The van der Waals surface area contributed by atoms with Crippen LogP contribution < -0.4 is 10.1 Å².